The number of hydrogen-bond donors (Lipinski definition) is 3. The lowest BCUT2D eigenvalue weighted by atomic mass is 10.0. The van der Waals surface area contributed by atoms with E-state index in [4.69, 9.17) is 11.6 Å². The molecule has 0 unspecified atom stereocenters. The molecule has 0 spiro atoms. The minimum Gasteiger partial charge on any atom is -0.395 e. The van der Waals surface area contributed by atoms with E-state index in [0.717, 1.165) is 22.5 Å². The predicted molar refractivity (Wildman–Crippen MR) is 109 cm³/mol. The molecule has 0 aliphatic carbocycles. The number of H-pyrrole nitrogens is 1. The maximum atomic E-state index is 12.8. The largest absolute Gasteiger partial charge is 0.395 e. The Kier molecular flexibility index (Phi) is 7.05. The summed E-state index contributed by atoms with van der Waals surface area (Å²) in [4.78, 5) is 29.6. The average molecular weight is 392 g/mol. The summed E-state index contributed by atoms with van der Waals surface area (Å²) >= 11 is 6.23. The Hall–Kier alpha value is -2.31. The van der Waals surface area contributed by atoms with Crippen molar-refractivity contribution in [1.82, 2.24) is 10.3 Å². The fourth-order valence-electron chi connectivity index (χ4n) is 3.16. The van der Waals surface area contributed by atoms with Gasteiger partial charge in [0.25, 0.3) is 11.5 Å². The Bertz CT molecular complexity index is 893. The highest BCUT2D eigenvalue weighted by Gasteiger charge is 2.17. The van der Waals surface area contributed by atoms with E-state index in [1.807, 2.05) is 38.7 Å². The zero-order valence-corrected chi connectivity index (χ0v) is 16.9. The number of aromatic nitrogens is 1. The SMILES string of the molecule is CCN(CCO)c1cc(Cl)cc(C(=O)NCc2c(C)cc(C)[nH]c2=O)c1C. The molecule has 1 aromatic carbocycles. The standard InChI is InChI=1S/C20H26ClN3O3/c1-5-24(6-7-25)18-10-15(21)9-16(14(18)4)19(26)22-11-17-12(2)8-13(3)23-20(17)27/h8-10,25H,5-7,11H2,1-4H3,(H,22,26)(H,23,27). The second-order valence-corrected chi connectivity index (χ2v) is 6.96. The van der Waals surface area contributed by atoms with Crippen LogP contribution in [-0.2, 0) is 6.54 Å². The molecule has 1 aromatic heterocycles. The van der Waals surface area contributed by atoms with Gasteiger partial charge in [-0.25, -0.2) is 0 Å². The second kappa shape index (κ2) is 9.06. The van der Waals surface area contributed by atoms with E-state index >= 15 is 0 Å². The Morgan fingerprint density at radius 1 is 1.26 bits per heavy atom. The highest BCUT2D eigenvalue weighted by Crippen LogP contribution is 2.28. The number of hydrogen-bond acceptors (Lipinski definition) is 4. The van der Waals surface area contributed by atoms with E-state index in [0.29, 0.717) is 29.2 Å². The van der Waals surface area contributed by atoms with Crippen molar-refractivity contribution in [2.24, 2.45) is 0 Å². The maximum absolute atomic E-state index is 12.8. The quantitative estimate of drug-likeness (QED) is 0.677. The summed E-state index contributed by atoms with van der Waals surface area (Å²) in [5, 5.41) is 12.5. The lowest BCUT2D eigenvalue weighted by Gasteiger charge is -2.25. The van der Waals surface area contributed by atoms with Crippen molar-refractivity contribution in [3.8, 4) is 0 Å². The van der Waals surface area contributed by atoms with Crippen molar-refractivity contribution < 1.29 is 9.90 Å². The van der Waals surface area contributed by atoms with Gasteiger partial charge >= 0.3 is 0 Å². The van der Waals surface area contributed by atoms with E-state index in [1.165, 1.54) is 0 Å². The van der Waals surface area contributed by atoms with Crippen molar-refractivity contribution in [2.45, 2.75) is 34.2 Å². The first-order chi connectivity index (χ1) is 12.8. The third-order valence-corrected chi connectivity index (χ3v) is 4.82. The van der Waals surface area contributed by atoms with Gasteiger partial charge in [0.1, 0.15) is 0 Å². The van der Waals surface area contributed by atoms with E-state index in [-0.39, 0.29) is 24.6 Å². The highest BCUT2D eigenvalue weighted by molar-refractivity contribution is 6.31. The molecule has 27 heavy (non-hydrogen) atoms. The van der Waals surface area contributed by atoms with Crippen molar-refractivity contribution in [3.63, 3.8) is 0 Å². The molecular weight excluding hydrogens is 366 g/mol. The van der Waals surface area contributed by atoms with Crippen molar-refractivity contribution in [1.29, 1.82) is 0 Å². The first kappa shape index (κ1) is 21.0. The monoisotopic (exact) mass is 391 g/mol. The number of nitrogens with zero attached hydrogens (tertiary/aromatic N) is 1. The van der Waals surface area contributed by atoms with Gasteiger partial charge in [-0.3, -0.25) is 9.59 Å². The lowest BCUT2D eigenvalue weighted by Crippen LogP contribution is -2.30. The van der Waals surface area contributed by atoms with Crippen LogP contribution in [0.25, 0.3) is 0 Å². The van der Waals surface area contributed by atoms with Gasteiger partial charge in [-0.2, -0.15) is 0 Å². The molecule has 2 rings (SSSR count). The number of carbonyl (C=O) groups is 1. The number of pyridine rings is 1. The average Bonchev–Trinajstić information content (AvgIpc) is 2.60. The summed E-state index contributed by atoms with van der Waals surface area (Å²) in [5.74, 6) is -0.296. The molecule has 2 aromatic rings. The maximum Gasteiger partial charge on any atom is 0.253 e. The first-order valence-corrected chi connectivity index (χ1v) is 9.29. The molecule has 1 amide bonds. The molecular formula is C20H26ClN3O3. The lowest BCUT2D eigenvalue weighted by molar-refractivity contribution is 0.0950. The van der Waals surface area contributed by atoms with E-state index in [9.17, 15) is 14.7 Å². The van der Waals surface area contributed by atoms with Gasteiger partial charge in [-0.1, -0.05) is 11.6 Å². The summed E-state index contributed by atoms with van der Waals surface area (Å²) < 4.78 is 0. The number of aliphatic hydroxyl groups excluding tert-OH is 1. The van der Waals surface area contributed by atoms with Gasteiger partial charge in [0.15, 0.2) is 0 Å². The number of aromatic amines is 1. The molecule has 0 fully saturated rings. The van der Waals surface area contributed by atoms with E-state index in [1.54, 1.807) is 12.1 Å². The minimum atomic E-state index is -0.296. The van der Waals surface area contributed by atoms with Crippen LogP contribution in [0.1, 0.15) is 39.7 Å². The third-order valence-electron chi connectivity index (χ3n) is 4.60. The zero-order chi connectivity index (χ0) is 20.1. The number of halogens is 1. The van der Waals surface area contributed by atoms with Crippen molar-refractivity contribution in [2.75, 3.05) is 24.6 Å². The summed E-state index contributed by atoms with van der Waals surface area (Å²) in [6.45, 7) is 8.77. The number of carbonyl (C=O) groups excluding carboxylic acids is 1. The molecule has 0 bridgehead atoms. The smallest absolute Gasteiger partial charge is 0.253 e. The van der Waals surface area contributed by atoms with Crippen LogP contribution < -0.4 is 15.8 Å². The Morgan fingerprint density at radius 3 is 2.56 bits per heavy atom. The van der Waals surface area contributed by atoms with Gasteiger partial charge < -0.3 is 20.3 Å². The number of aryl methyl sites for hydroxylation is 2. The van der Waals surface area contributed by atoms with Crippen molar-refractivity contribution >= 4 is 23.2 Å². The van der Waals surface area contributed by atoms with Crippen LogP contribution in [0.3, 0.4) is 0 Å². The molecule has 0 radical (unpaired) electrons. The molecule has 7 heteroatoms. The summed E-state index contributed by atoms with van der Waals surface area (Å²) in [5.41, 5.74) is 4.00. The normalized spacial score (nSPS) is 10.7. The third kappa shape index (κ3) is 4.90. The Labute approximate surface area is 164 Å². The fraction of sp³-hybridized carbons (Fsp3) is 0.400. The number of rotatable bonds is 7. The summed E-state index contributed by atoms with van der Waals surface area (Å²) in [7, 11) is 0. The summed E-state index contributed by atoms with van der Waals surface area (Å²) in [6.07, 6.45) is 0. The number of aliphatic hydroxyl groups is 1. The van der Waals surface area contributed by atoms with Gasteiger partial charge in [-0.05, 0) is 57.0 Å². The van der Waals surface area contributed by atoms with Crippen LogP contribution in [0.15, 0.2) is 23.0 Å². The van der Waals surface area contributed by atoms with Crippen LogP contribution in [0.2, 0.25) is 5.02 Å². The number of amides is 1. The Morgan fingerprint density at radius 2 is 1.96 bits per heavy atom. The predicted octanol–water partition coefficient (Wildman–Crippen LogP) is 2.70. The van der Waals surface area contributed by atoms with Crippen LogP contribution in [0.4, 0.5) is 5.69 Å². The van der Waals surface area contributed by atoms with Crippen LogP contribution in [0, 0.1) is 20.8 Å². The second-order valence-electron chi connectivity index (χ2n) is 6.53. The molecule has 0 aliphatic rings. The van der Waals surface area contributed by atoms with Crippen molar-refractivity contribution in [3.05, 3.63) is 61.5 Å². The Balaban J connectivity index is 2.29. The van der Waals surface area contributed by atoms with Gasteiger partial charge in [0, 0.05) is 47.2 Å². The fourth-order valence-corrected chi connectivity index (χ4v) is 3.38. The summed E-state index contributed by atoms with van der Waals surface area (Å²) in [6, 6.07) is 5.29. The van der Waals surface area contributed by atoms with Gasteiger partial charge in [0.05, 0.1) is 6.61 Å². The van der Waals surface area contributed by atoms with E-state index in [2.05, 4.69) is 10.3 Å². The number of nitrogens with one attached hydrogen (secondary N) is 2. The molecule has 3 N–H and O–H groups in total. The van der Waals surface area contributed by atoms with E-state index < -0.39 is 0 Å². The highest BCUT2D eigenvalue weighted by atomic mass is 35.5. The molecule has 6 nitrogen and oxygen atoms in total. The van der Waals surface area contributed by atoms with Crippen LogP contribution in [-0.4, -0.2) is 35.7 Å². The molecule has 1 heterocycles. The number of anilines is 1. The first-order valence-electron chi connectivity index (χ1n) is 8.92. The molecule has 0 saturated heterocycles. The van der Waals surface area contributed by atoms with Gasteiger partial charge in [-0.15, -0.1) is 0 Å². The molecule has 0 atom stereocenters. The molecule has 0 aliphatic heterocycles. The minimum absolute atomic E-state index is 0.0107. The molecule has 146 valence electrons. The van der Waals surface area contributed by atoms with Gasteiger partial charge in [0.2, 0.25) is 0 Å². The number of likely N-dealkylation sites (N-methyl/N-ethyl adjacent to an activating group) is 1. The zero-order valence-electron chi connectivity index (χ0n) is 16.1. The number of benzene rings is 1. The topological polar surface area (TPSA) is 85.4 Å². The van der Waals surface area contributed by atoms with Crippen LogP contribution >= 0.6 is 11.6 Å². The van der Waals surface area contributed by atoms with Crippen LogP contribution in [0.5, 0.6) is 0 Å². The molecule has 0 saturated carbocycles.